The van der Waals surface area contributed by atoms with Crippen LogP contribution in [0.15, 0.2) is 58.1 Å². The average molecular weight is 435 g/mol. The summed E-state index contributed by atoms with van der Waals surface area (Å²) >= 11 is 1.28. The Hall–Kier alpha value is -3.39. The highest BCUT2D eigenvalue weighted by molar-refractivity contribution is 8.26. The van der Waals surface area contributed by atoms with Crippen molar-refractivity contribution >= 4 is 39.8 Å². The van der Waals surface area contributed by atoms with Crippen molar-refractivity contribution in [2.75, 3.05) is 13.2 Å². The number of hydrogen-bond donors (Lipinski definition) is 1. The predicted molar refractivity (Wildman–Crippen MR) is 124 cm³/mol. The molecule has 0 bridgehead atoms. The Morgan fingerprint density at radius 2 is 1.90 bits per heavy atom. The van der Waals surface area contributed by atoms with Gasteiger partial charge in [0.2, 0.25) is 5.17 Å². The highest BCUT2D eigenvalue weighted by Gasteiger charge is 2.34. The molecule has 0 unspecified atom stereocenters. The van der Waals surface area contributed by atoms with Crippen LogP contribution in [-0.2, 0) is 4.79 Å². The van der Waals surface area contributed by atoms with Crippen molar-refractivity contribution in [2.24, 2.45) is 10.1 Å². The molecule has 0 spiro atoms. The molecule has 31 heavy (non-hydrogen) atoms. The first-order valence-electron chi connectivity index (χ1n) is 9.80. The van der Waals surface area contributed by atoms with E-state index < -0.39 is 5.91 Å². The van der Waals surface area contributed by atoms with Crippen LogP contribution in [0, 0.1) is 19.3 Å². The summed E-state index contributed by atoms with van der Waals surface area (Å²) in [5, 5.41) is 15.1. The number of nitrogens with one attached hydrogen (secondary N) is 1. The van der Waals surface area contributed by atoms with Gasteiger partial charge in [-0.1, -0.05) is 24.3 Å². The Labute approximate surface area is 185 Å². The third-order valence-corrected chi connectivity index (χ3v) is 5.50. The van der Waals surface area contributed by atoms with Crippen LogP contribution in [0.25, 0.3) is 6.08 Å². The number of carbonyl (C=O) groups is 1. The zero-order chi connectivity index (χ0) is 22.0. The van der Waals surface area contributed by atoms with Crippen molar-refractivity contribution in [3.8, 4) is 11.5 Å². The standard InChI is InChI=1S/C23H22N4O3S/c1-14-7-8-15(2)20(11-14)30-10-9-29-18-6-4-5-17(12-18)13-19-21(24)27-23(25-22(19)28)31-16(3)26-27/h4-8,11-13,24H,9-10H2,1-3H3/b19-13-,24-21?. The molecule has 0 aliphatic carbocycles. The number of hydrazone groups is 1. The number of rotatable bonds is 6. The van der Waals surface area contributed by atoms with E-state index in [2.05, 4.69) is 16.2 Å². The van der Waals surface area contributed by atoms with Crippen molar-refractivity contribution in [3.05, 3.63) is 64.7 Å². The largest absolute Gasteiger partial charge is 0.490 e. The van der Waals surface area contributed by atoms with Crippen LogP contribution < -0.4 is 9.47 Å². The number of ether oxygens (including phenoxy) is 2. The molecule has 158 valence electrons. The van der Waals surface area contributed by atoms with Crippen molar-refractivity contribution < 1.29 is 14.3 Å². The van der Waals surface area contributed by atoms with Crippen LogP contribution in [0.3, 0.4) is 0 Å². The maximum Gasteiger partial charge on any atom is 0.283 e. The van der Waals surface area contributed by atoms with Gasteiger partial charge in [-0.25, -0.2) is 0 Å². The average Bonchev–Trinajstić information content (AvgIpc) is 3.11. The quantitative estimate of drug-likeness (QED) is 0.538. The summed E-state index contributed by atoms with van der Waals surface area (Å²) in [4.78, 5) is 16.4. The van der Waals surface area contributed by atoms with Gasteiger partial charge < -0.3 is 9.47 Å². The van der Waals surface area contributed by atoms with E-state index in [-0.39, 0.29) is 11.4 Å². The van der Waals surface area contributed by atoms with E-state index in [0.717, 1.165) is 27.5 Å². The monoisotopic (exact) mass is 434 g/mol. The maximum atomic E-state index is 12.4. The number of carbonyl (C=O) groups excluding carboxylic acids is 1. The Morgan fingerprint density at radius 1 is 1.10 bits per heavy atom. The van der Waals surface area contributed by atoms with Crippen LogP contribution in [0.4, 0.5) is 0 Å². The number of amides is 1. The highest BCUT2D eigenvalue weighted by atomic mass is 32.2. The third-order valence-electron chi connectivity index (χ3n) is 4.68. The van der Waals surface area contributed by atoms with E-state index in [0.29, 0.717) is 24.1 Å². The number of benzene rings is 2. The van der Waals surface area contributed by atoms with Gasteiger partial charge >= 0.3 is 0 Å². The molecule has 8 heteroatoms. The highest BCUT2D eigenvalue weighted by Crippen LogP contribution is 2.28. The Kier molecular flexibility index (Phi) is 5.90. The number of hydrogen-bond acceptors (Lipinski definition) is 6. The van der Waals surface area contributed by atoms with Crippen LogP contribution in [0.5, 0.6) is 11.5 Å². The van der Waals surface area contributed by atoms with Gasteiger partial charge in [-0.15, -0.1) is 0 Å². The van der Waals surface area contributed by atoms with E-state index in [9.17, 15) is 4.79 Å². The summed E-state index contributed by atoms with van der Waals surface area (Å²) in [6.07, 6.45) is 1.64. The second kappa shape index (κ2) is 8.77. The van der Waals surface area contributed by atoms with Crippen LogP contribution in [-0.4, -0.2) is 40.2 Å². The molecule has 0 fully saturated rings. The predicted octanol–water partition coefficient (Wildman–Crippen LogP) is 4.40. The summed E-state index contributed by atoms with van der Waals surface area (Å²) in [7, 11) is 0. The van der Waals surface area contributed by atoms with Gasteiger partial charge in [0.25, 0.3) is 5.91 Å². The van der Waals surface area contributed by atoms with Crippen molar-refractivity contribution in [1.29, 1.82) is 5.41 Å². The normalized spacial score (nSPS) is 16.9. The first kappa shape index (κ1) is 20.9. The topological polar surface area (TPSA) is 87.3 Å². The first-order valence-corrected chi connectivity index (χ1v) is 10.6. The lowest BCUT2D eigenvalue weighted by atomic mass is 10.1. The fraction of sp³-hybridized carbons (Fsp3) is 0.217. The number of amidine groups is 2. The second-order valence-corrected chi connectivity index (χ2v) is 8.34. The van der Waals surface area contributed by atoms with Gasteiger partial charge in [0.1, 0.15) is 24.7 Å². The summed E-state index contributed by atoms with van der Waals surface area (Å²) in [5.41, 5.74) is 3.17. The van der Waals surface area contributed by atoms with E-state index in [1.807, 2.05) is 57.2 Å². The molecular weight excluding hydrogens is 412 g/mol. The van der Waals surface area contributed by atoms with Gasteiger partial charge in [-0.2, -0.15) is 15.1 Å². The fourth-order valence-corrected chi connectivity index (χ4v) is 3.86. The van der Waals surface area contributed by atoms with E-state index >= 15 is 0 Å². The Bertz CT molecular complexity index is 1150. The van der Waals surface area contributed by atoms with E-state index in [4.69, 9.17) is 14.9 Å². The minimum absolute atomic E-state index is 0.0209. The summed E-state index contributed by atoms with van der Waals surface area (Å²) in [6.45, 7) is 6.66. The van der Waals surface area contributed by atoms with Gasteiger partial charge in [-0.3, -0.25) is 10.2 Å². The molecule has 2 aromatic carbocycles. The van der Waals surface area contributed by atoms with Crippen molar-refractivity contribution in [1.82, 2.24) is 5.01 Å². The molecule has 4 rings (SSSR count). The van der Waals surface area contributed by atoms with E-state index in [1.54, 1.807) is 6.08 Å². The lowest BCUT2D eigenvalue weighted by Crippen LogP contribution is -2.35. The minimum Gasteiger partial charge on any atom is -0.490 e. The van der Waals surface area contributed by atoms with Gasteiger partial charge in [-0.05, 0) is 73.5 Å². The molecule has 2 aliphatic rings. The summed E-state index contributed by atoms with van der Waals surface area (Å²) in [5.74, 6) is 1.09. The minimum atomic E-state index is -0.443. The number of thioether (sulfide) groups is 1. The lowest BCUT2D eigenvalue weighted by molar-refractivity contribution is -0.114. The number of nitrogens with zero attached hydrogens (tertiary/aromatic N) is 3. The molecule has 1 N–H and O–H groups in total. The SMILES string of the molecule is CC1=NN2C(=N)/C(=C/c3cccc(OCCOc4cc(C)ccc4C)c3)C(=O)N=C2S1. The molecule has 0 aromatic heterocycles. The van der Waals surface area contributed by atoms with Crippen molar-refractivity contribution in [3.63, 3.8) is 0 Å². The Balaban J connectivity index is 1.41. The zero-order valence-corrected chi connectivity index (χ0v) is 18.3. The van der Waals surface area contributed by atoms with Crippen LogP contribution in [0.2, 0.25) is 0 Å². The summed E-state index contributed by atoms with van der Waals surface area (Å²) < 4.78 is 11.6. The molecule has 2 heterocycles. The smallest absolute Gasteiger partial charge is 0.283 e. The maximum absolute atomic E-state index is 12.4. The molecular formula is C23H22N4O3S. The molecule has 2 aliphatic heterocycles. The third kappa shape index (κ3) is 4.69. The molecule has 2 aromatic rings. The fourth-order valence-electron chi connectivity index (χ4n) is 3.12. The van der Waals surface area contributed by atoms with E-state index in [1.165, 1.54) is 16.8 Å². The lowest BCUT2D eigenvalue weighted by Gasteiger charge is -2.20. The second-order valence-electron chi connectivity index (χ2n) is 7.18. The van der Waals surface area contributed by atoms with Crippen LogP contribution in [0.1, 0.15) is 23.6 Å². The number of fused-ring (bicyclic) bond motifs is 1. The number of aliphatic imine (C=N–C) groups is 1. The molecule has 7 nitrogen and oxygen atoms in total. The van der Waals surface area contributed by atoms with Crippen molar-refractivity contribution in [2.45, 2.75) is 20.8 Å². The van der Waals surface area contributed by atoms with Crippen LogP contribution >= 0.6 is 11.8 Å². The molecule has 0 saturated carbocycles. The molecule has 0 radical (unpaired) electrons. The van der Waals surface area contributed by atoms with Gasteiger partial charge in [0.05, 0.1) is 10.6 Å². The first-order chi connectivity index (χ1) is 14.9. The zero-order valence-electron chi connectivity index (χ0n) is 17.5. The van der Waals surface area contributed by atoms with Gasteiger partial charge in [0.15, 0.2) is 5.84 Å². The molecule has 1 amide bonds. The van der Waals surface area contributed by atoms with Gasteiger partial charge in [0, 0.05) is 0 Å². The number of aryl methyl sites for hydroxylation is 2. The Morgan fingerprint density at radius 3 is 2.74 bits per heavy atom. The molecule has 0 atom stereocenters. The summed E-state index contributed by atoms with van der Waals surface area (Å²) in [6, 6.07) is 13.4. The molecule has 0 saturated heterocycles.